The van der Waals surface area contributed by atoms with Gasteiger partial charge in [-0.1, -0.05) is 40.9 Å². The van der Waals surface area contributed by atoms with E-state index in [1.54, 1.807) is 6.07 Å². The normalized spacial score (nSPS) is 12.4. The molecule has 0 aliphatic heterocycles. The molecule has 0 heterocycles. The predicted molar refractivity (Wildman–Crippen MR) is 74.8 cm³/mol. The van der Waals surface area contributed by atoms with Gasteiger partial charge in [-0.3, -0.25) is 4.79 Å². The van der Waals surface area contributed by atoms with E-state index in [0.29, 0.717) is 28.0 Å². The Morgan fingerprint density at radius 3 is 2.61 bits per heavy atom. The average molecular weight is 311 g/mol. The van der Waals surface area contributed by atoms with E-state index in [1.807, 2.05) is 13.0 Å². The van der Waals surface area contributed by atoms with Crippen molar-refractivity contribution in [2.75, 3.05) is 6.54 Å². The molecule has 1 aromatic rings. The summed E-state index contributed by atoms with van der Waals surface area (Å²) < 4.78 is 0. The van der Waals surface area contributed by atoms with E-state index in [9.17, 15) is 4.79 Å². The molecule has 0 aliphatic rings. The van der Waals surface area contributed by atoms with E-state index >= 15 is 0 Å². The molecule has 3 nitrogen and oxygen atoms in total. The van der Waals surface area contributed by atoms with Crippen LogP contribution in [0.25, 0.3) is 0 Å². The molecule has 0 saturated heterocycles. The molecule has 0 aliphatic carbocycles. The van der Waals surface area contributed by atoms with Crippen molar-refractivity contribution < 1.29 is 9.90 Å². The maximum absolute atomic E-state index is 10.4. The minimum atomic E-state index is -0.794. The SMILES string of the molecule is CC(NCCCC(=O)O)c1ccc(Cl)c(Cl)c1Cl. The van der Waals surface area contributed by atoms with Crippen molar-refractivity contribution in [1.29, 1.82) is 0 Å². The van der Waals surface area contributed by atoms with Crippen LogP contribution in [0, 0.1) is 0 Å². The van der Waals surface area contributed by atoms with Crippen LogP contribution in [-0.4, -0.2) is 17.6 Å². The predicted octanol–water partition coefficient (Wildman–Crippen LogP) is 4.16. The molecule has 1 unspecified atom stereocenters. The Morgan fingerprint density at radius 2 is 2.00 bits per heavy atom. The van der Waals surface area contributed by atoms with Crippen LogP contribution in [0.3, 0.4) is 0 Å². The largest absolute Gasteiger partial charge is 0.481 e. The number of hydrogen-bond acceptors (Lipinski definition) is 2. The highest BCUT2D eigenvalue weighted by Crippen LogP contribution is 2.35. The number of benzene rings is 1. The second-order valence-electron chi connectivity index (χ2n) is 3.94. The molecular weight excluding hydrogens is 296 g/mol. The zero-order valence-electron chi connectivity index (χ0n) is 9.84. The molecule has 100 valence electrons. The summed E-state index contributed by atoms with van der Waals surface area (Å²) in [4.78, 5) is 10.4. The van der Waals surface area contributed by atoms with Crippen molar-refractivity contribution in [1.82, 2.24) is 5.32 Å². The molecule has 1 aromatic carbocycles. The van der Waals surface area contributed by atoms with Crippen molar-refractivity contribution >= 4 is 40.8 Å². The Morgan fingerprint density at radius 1 is 1.33 bits per heavy atom. The average Bonchev–Trinajstić information content (AvgIpc) is 2.31. The van der Waals surface area contributed by atoms with Crippen molar-refractivity contribution in [2.45, 2.75) is 25.8 Å². The lowest BCUT2D eigenvalue weighted by molar-refractivity contribution is -0.137. The molecule has 0 saturated carbocycles. The lowest BCUT2D eigenvalue weighted by Gasteiger charge is -2.16. The summed E-state index contributed by atoms with van der Waals surface area (Å²) in [6.45, 7) is 2.54. The Bertz CT molecular complexity index is 438. The van der Waals surface area contributed by atoms with Gasteiger partial charge in [-0.2, -0.15) is 0 Å². The summed E-state index contributed by atoms with van der Waals surface area (Å²) in [5, 5.41) is 12.9. The number of aliphatic carboxylic acids is 1. The molecular formula is C12H14Cl3NO2. The third kappa shape index (κ3) is 4.32. The van der Waals surface area contributed by atoms with E-state index in [1.165, 1.54) is 0 Å². The molecule has 0 radical (unpaired) electrons. The number of carbonyl (C=O) groups is 1. The van der Waals surface area contributed by atoms with Crippen LogP contribution in [0.15, 0.2) is 12.1 Å². The third-order valence-corrected chi connectivity index (χ3v) is 3.86. The summed E-state index contributed by atoms with van der Waals surface area (Å²) in [5.74, 6) is -0.794. The number of hydrogen-bond donors (Lipinski definition) is 2. The minimum Gasteiger partial charge on any atom is -0.481 e. The highest BCUT2D eigenvalue weighted by molar-refractivity contribution is 6.48. The van der Waals surface area contributed by atoms with Crippen molar-refractivity contribution in [3.63, 3.8) is 0 Å². The van der Waals surface area contributed by atoms with Crippen molar-refractivity contribution in [3.05, 3.63) is 32.8 Å². The van der Waals surface area contributed by atoms with Gasteiger partial charge in [-0.05, 0) is 31.5 Å². The number of rotatable bonds is 6. The number of nitrogens with one attached hydrogen (secondary N) is 1. The molecule has 0 spiro atoms. The second-order valence-corrected chi connectivity index (χ2v) is 5.10. The number of halogens is 3. The zero-order valence-corrected chi connectivity index (χ0v) is 12.1. The monoisotopic (exact) mass is 309 g/mol. The Hall–Kier alpha value is -0.480. The summed E-state index contributed by atoms with van der Waals surface area (Å²) in [5.41, 5.74) is 0.849. The maximum Gasteiger partial charge on any atom is 0.303 e. The number of carboxylic acids is 1. The zero-order chi connectivity index (χ0) is 13.7. The molecule has 6 heteroatoms. The Balaban J connectivity index is 2.59. The summed E-state index contributed by atoms with van der Waals surface area (Å²) in [7, 11) is 0. The Labute approximate surface area is 121 Å². The van der Waals surface area contributed by atoms with Gasteiger partial charge in [0.05, 0.1) is 15.1 Å². The van der Waals surface area contributed by atoms with E-state index in [-0.39, 0.29) is 12.5 Å². The van der Waals surface area contributed by atoms with E-state index in [4.69, 9.17) is 39.9 Å². The van der Waals surface area contributed by atoms with Gasteiger partial charge in [0.2, 0.25) is 0 Å². The van der Waals surface area contributed by atoms with Gasteiger partial charge in [0.15, 0.2) is 0 Å². The van der Waals surface area contributed by atoms with Crippen molar-refractivity contribution in [2.24, 2.45) is 0 Å². The quantitative estimate of drug-likeness (QED) is 0.612. The summed E-state index contributed by atoms with van der Waals surface area (Å²) in [6, 6.07) is 3.49. The van der Waals surface area contributed by atoms with Crippen LogP contribution in [0.2, 0.25) is 15.1 Å². The topological polar surface area (TPSA) is 49.3 Å². The fourth-order valence-corrected chi connectivity index (χ4v) is 2.25. The molecule has 2 N–H and O–H groups in total. The third-order valence-electron chi connectivity index (χ3n) is 2.55. The van der Waals surface area contributed by atoms with E-state index in [0.717, 1.165) is 5.56 Å². The lowest BCUT2D eigenvalue weighted by Crippen LogP contribution is -2.20. The maximum atomic E-state index is 10.4. The molecule has 1 rings (SSSR count). The molecule has 0 bridgehead atoms. The van der Waals surface area contributed by atoms with Gasteiger partial charge in [0.1, 0.15) is 0 Å². The van der Waals surface area contributed by atoms with Crippen LogP contribution < -0.4 is 5.32 Å². The smallest absolute Gasteiger partial charge is 0.303 e. The van der Waals surface area contributed by atoms with Crippen LogP contribution in [0.1, 0.15) is 31.4 Å². The van der Waals surface area contributed by atoms with Crippen molar-refractivity contribution in [3.8, 4) is 0 Å². The van der Waals surface area contributed by atoms with Crippen LogP contribution in [0.4, 0.5) is 0 Å². The van der Waals surface area contributed by atoms with Gasteiger partial charge in [-0.15, -0.1) is 0 Å². The first-order valence-electron chi connectivity index (χ1n) is 5.52. The first kappa shape index (κ1) is 15.6. The number of carboxylic acid groups (broad SMARTS) is 1. The second kappa shape index (κ2) is 7.19. The van der Waals surface area contributed by atoms with Gasteiger partial charge in [-0.25, -0.2) is 0 Å². The first-order valence-corrected chi connectivity index (χ1v) is 6.65. The minimum absolute atomic E-state index is 0.0129. The standard InChI is InChI=1S/C12H14Cl3NO2/c1-7(16-6-2-3-10(17)18)8-4-5-9(13)12(15)11(8)14/h4-5,7,16H,2-3,6H2,1H3,(H,17,18). The Kier molecular flexibility index (Phi) is 6.22. The first-order chi connectivity index (χ1) is 8.43. The lowest BCUT2D eigenvalue weighted by atomic mass is 10.1. The molecule has 1 atom stereocenters. The fourth-order valence-electron chi connectivity index (χ4n) is 1.54. The van der Waals surface area contributed by atoms with E-state index < -0.39 is 5.97 Å². The van der Waals surface area contributed by atoms with Gasteiger partial charge in [0.25, 0.3) is 0 Å². The van der Waals surface area contributed by atoms with Crippen LogP contribution >= 0.6 is 34.8 Å². The van der Waals surface area contributed by atoms with Gasteiger partial charge in [0, 0.05) is 12.5 Å². The van der Waals surface area contributed by atoms with Crippen LogP contribution in [-0.2, 0) is 4.79 Å². The molecule has 18 heavy (non-hydrogen) atoms. The summed E-state index contributed by atoms with van der Waals surface area (Å²) in [6.07, 6.45) is 0.716. The fraction of sp³-hybridized carbons (Fsp3) is 0.417. The molecule has 0 fully saturated rings. The highest BCUT2D eigenvalue weighted by atomic mass is 35.5. The molecule has 0 amide bonds. The highest BCUT2D eigenvalue weighted by Gasteiger charge is 2.13. The van der Waals surface area contributed by atoms with Crippen LogP contribution in [0.5, 0.6) is 0 Å². The van der Waals surface area contributed by atoms with E-state index in [2.05, 4.69) is 5.32 Å². The summed E-state index contributed by atoms with van der Waals surface area (Å²) >= 11 is 17.9. The van der Waals surface area contributed by atoms with Gasteiger partial charge >= 0.3 is 5.97 Å². The van der Waals surface area contributed by atoms with Gasteiger partial charge < -0.3 is 10.4 Å². The molecule has 0 aromatic heterocycles.